The molecule has 4 rings (SSSR count). The Hall–Kier alpha value is -2.60. The zero-order chi connectivity index (χ0) is 17.8. The summed E-state index contributed by atoms with van der Waals surface area (Å²) in [5.41, 5.74) is 2.87. The van der Waals surface area contributed by atoms with Crippen molar-refractivity contribution in [1.29, 1.82) is 0 Å². The number of methoxy groups -OCH3 is 1. The van der Waals surface area contributed by atoms with Crippen LogP contribution in [0.3, 0.4) is 0 Å². The molecule has 1 aliphatic rings. The lowest BCUT2D eigenvalue weighted by Crippen LogP contribution is -2.11. The Kier molecular flexibility index (Phi) is 5.02. The van der Waals surface area contributed by atoms with E-state index in [1.165, 1.54) is 12.8 Å². The van der Waals surface area contributed by atoms with Crippen molar-refractivity contribution in [3.63, 3.8) is 0 Å². The molecule has 1 saturated carbocycles. The molecule has 0 spiro atoms. The van der Waals surface area contributed by atoms with Crippen LogP contribution < -0.4 is 14.8 Å². The van der Waals surface area contributed by atoms with Crippen molar-refractivity contribution in [1.82, 2.24) is 9.97 Å². The summed E-state index contributed by atoms with van der Waals surface area (Å²) >= 11 is 1.57. The number of aromatic nitrogens is 2. The predicted octanol–water partition coefficient (Wildman–Crippen LogP) is 5.28. The number of pyridine rings is 1. The van der Waals surface area contributed by atoms with E-state index in [0.29, 0.717) is 0 Å². The SMILES string of the molecule is COc1ccc(Nc2nc(-c3cccnc3)cs2)cc1OC1CCCC1. The van der Waals surface area contributed by atoms with Gasteiger partial charge in [0.15, 0.2) is 16.6 Å². The fourth-order valence-corrected chi connectivity index (χ4v) is 3.87. The van der Waals surface area contributed by atoms with Crippen molar-refractivity contribution in [3.8, 4) is 22.8 Å². The van der Waals surface area contributed by atoms with Gasteiger partial charge in [0, 0.05) is 35.1 Å². The van der Waals surface area contributed by atoms with E-state index >= 15 is 0 Å². The van der Waals surface area contributed by atoms with E-state index in [-0.39, 0.29) is 6.10 Å². The highest BCUT2D eigenvalue weighted by Gasteiger charge is 2.18. The molecule has 1 fully saturated rings. The standard InChI is InChI=1S/C20H21N3O2S/c1-24-18-9-8-15(11-19(18)25-16-6-2-3-7-16)22-20-23-17(13-26-20)14-5-4-10-21-12-14/h4-5,8-13,16H,2-3,6-7H2,1H3,(H,22,23). The summed E-state index contributed by atoms with van der Waals surface area (Å²) in [6.45, 7) is 0. The molecule has 0 saturated heterocycles. The minimum atomic E-state index is 0.288. The second kappa shape index (κ2) is 7.74. The lowest BCUT2D eigenvalue weighted by Gasteiger charge is -2.17. The summed E-state index contributed by atoms with van der Waals surface area (Å²) in [5, 5.41) is 6.22. The Bertz CT molecular complexity index is 861. The number of anilines is 2. The smallest absolute Gasteiger partial charge is 0.187 e. The van der Waals surface area contributed by atoms with Crippen LogP contribution in [0.4, 0.5) is 10.8 Å². The summed E-state index contributed by atoms with van der Waals surface area (Å²) in [7, 11) is 1.67. The maximum Gasteiger partial charge on any atom is 0.187 e. The number of thiazole rings is 1. The van der Waals surface area contributed by atoms with Crippen LogP contribution in [-0.4, -0.2) is 23.2 Å². The molecule has 0 radical (unpaired) electrons. The molecule has 0 bridgehead atoms. The van der Waals surface area contributed by atoms with E-state index < -0.39 is 0 Å². The van der Waals surface area contributed by atoms with E-state index in [2.05, 4.69) is 15.3 Å². The van der Waals surface area contributed by atoms with Crippen LogP contribution in [0.2, 0.25) is 0 Å². The first-order valence-electron chi connectivity index (χ1n) is 8.79. The zero-order valence-corrected chi connectivity index (χ0v) is 15.5. The highest BCUT2D eigenvalue weighted by Crippen LogP contribution is 2.35. The van der Waals surface area contributed by atoms with Crippen LogP contribution in [-0.2, 0) is 0 Å². The molecule has 3 aromatic rings. The maximum absolute atomic E-state index is 6.16. The van der Waals surface area contributed by atoms with Gasteiger partial charge in [-0.25, -0.2) is 4.98 Å². The molecule has 134 valence electrons. The van der Waals surface area contributed by atoms with Gasteiger partial charge in [-0.05, 0) is 49.9 Å². The minimum Gasteiger partial charge on any atom is -0.493 e. The Morgan fingerprint density at radius 2 is 2.04 bits per heavy atom. The number of nitrogens with zero attached hydrogens (tertiary/aromatic N) is 2. The average Bonchev–Trinajstić information content (AvgIpc) is 3.35. The summed E-state index contributed by atoms with van der Waals surface area (Å²) in [4.78, 5) is 8.79. The Morgan fingerprint density at radius 3 is 2.81 bits per heavy atom. The molecular weight excluding hydrogens is 346 g/mol. The van der Waals surface area contributed by atoms with Gasteiger partial charge in [0.2, 0.25) is 0 Å². The van der Waals surface area contributed by atoms with Gasteiger partial charge < -0.3 is 14.8 Å². The lowest BCUT2D eigenvalue weighted by atomic mass is 10.2. The van der Waals surface area contributed by atoms with Crippen LogP contribution in [0.25, 0.3) is 11.3 Å². The lowest BCUT2D eigenvalue weighted by molar-refractivity contribution is 0.201. The second-order valence-corrected chi connectivity index (χ2v) is 7.15. The van der Waals surface area contributed by atoms with Crippen LogP contribution in [0.1, 0.15) is 25.7 Å². The molecule has 1 N–H and O–H groups in total. The first kappa shape index (κ1) is 16.8. The fourth-order valence-electron chi connectivity index (χ4n) is 3.13. The molecule has 2 aromatic heterocycles. The molecule has 6 heteroatoms. The van der Waals surface area contributed by atoms with Gasteiger partial charge in [0.25, 0.3) is 0 Å². The van der Waals surface area contributed by atoms with Crippen LogP contribution in [0.15, 0.2) is 48.1 Å². The molecule has 26 heavy (non-hydrogen) atoms. The number of hydrogen-bond donors (Lipinski definition) is 1. The zero-order valence-electron chi connectivity index (χ0n) is 14.6. The number of hydrogen-bond acceptors (Lipinski definition) is 6. The van der Waals surface area contributed by atoms with Gasteiger partial charge in [0.05, 0.1) is 18.9 Å². The molecule has 0 atom stereocenters. The molecule has 0 amide bonds. The van der Waals surface area contributed by atoms with Crippen LogP contribution in [0.5, 0.6) is 11.5 Å². The first-order chi connectivity index (χ1) is 12.8. The van der Waals surface area contributed by atoms with Gasteiger partial charge in [-0.2, -0.15) is 0 Å². The van der Waals surface area contributed by atoms with Gasteiger partial charge in [-0.3, -0.25) is 4.98 Å². The van der Waals surface area contributed by atoms with E-state index in [0.717, 1.165) is 46.4 Å². The van der Waals surface area contributed by atoms with Crippen molar-refractivity contribution in [3.05, 3.63) is 48.1 Å². The van der Waals surface area contributed by atoms with Crippen LogP contribution in [0, 0.1) is 0 Å². The van der Waals surface area contributed by atoms with Crippen molar-refractivity contribution < 1.29 is 9.47 Å². The van der Waals surface area contributed by atoms with Gasteiger partial charge >= 0.3 is 0 Å². The van der Waals surface area contributed by atoms with Crippen molar-refractivity contribution in [2.24, 2.45) is 0 Å². The average molecular weight is 367 g/mol. The summed E-state index contributed by atoms with van der Waals surface area (Å²) in [6.07, 6.45) is 8.57. The number of benzene rings is 1. The first-order valence-corrected chi connectivity index (χ1v) is 9.67. The number of nitrogens with one attached hydrogen (secondary N) is 1. The predicted molar refractivity (Wildman–Crippen MR) is 105 cm³/mol. The topological polar surface area (TPSA) is 56.3 Å². The monoisotopic (exact) mass is 367 g/mol. The third-order valence-electron chi connectivity index (χ3n) is 4.47. The van der Waals surface area contributed by atoms with Gasteiger partial charge in [-0.15, -0.1) is 11.3 Å². The third kappa shape index (κ3) is 3.80. The van der Waals surface area contributed by atoms with Gasteiger partial charge in [0.1, 0.15) is 0 Å². The number of rotatable bonds is 6. The molecule has 0 aliphatic heterocycles. The molecular formula is C20H21N3O2S. The third-order valence-corrected chi connectivity index (χ3v) is 5.23. The number of ether oxygens (including phenoxy) is 2. The second-order valence-electron chi connectivity index (χ2n) is 6.29. The Labute approximate surface area is 157 Å². The molecule has 0 unspecified atom stereocenters. The van der Waals surface area contributed by atoms with E-state index in [1.54, 1.807) is 24.6 Å². The minimum absolute atomic E-state index is 0.288. The van der Waals surface area contributed by atoms with E-state index in [9.17, 15) is 0 Å². The summed E-state index contributed by atoms with van der Waals surface area (Å²) in [5.74, 6) is 1.55. The quantitative estimate of drug-likeness (QED) is 0.642. The van der Waals surface area contributed by atoms with E-state index in [1.807, 2.05) is 41.9 Å². The fraction of sp³-hybridized carbons (Fsp3) is 0.300. The highest BCUT2D eigenvalue weighted by atomic mass is 32.1. The summed E-state index contributed by atoms with van der Waals surface area (Å²) < 4.78 is 11.6. The maximum atomic E-state index is 6.16. The Balaban J connectivity index is 1.52. The summed E-state index contributed by atoms with van der Waals surface area (Å²) in [6, 6.07) is 9.82. The molecule has 2 heterocycles. The highest BCUT2D eigenvalue weighted by molar-refractivity contribution is 7.14. The Morgan fingerprint density at radius 1 is 1.15 bits per heavy atom. The van der Waals surface area contributed by atoms with E-state index in [4.69, 9.17) is 9.47 Å². The molecule has 1 aromatic carbocycles. The molecule has 1 aliphatic carbocycles. The largest absolute Gasteiger partial charge is 0.493 e. The van der Waals surface area contributed by atoms with Gasteiger partial charge in [-0.1, -0.05) is 0 Å². The molecule has 5 nitrogen and oxygen atoms in total. The van der Waals surface area contributed by atoms with Crippen molar-refractivity contribution in [2.75, 3.05) is 12.4 Å². The van der Waals surface area contributed by atoms with Crippen molar-refractivity contribution >= 4 is 22.2 Å². The normalized spacial score (nSPS) is 14.3. The van der Waals surface area contributed by atoms with Crippen molar-refractivity contribution in [2.45, 2.75) is 31.8 Å². The van der Waals surface area contributed by atoms with Crippen LogP contribution >= 0.6 is 11.3 Å².